The van der Waals surface area contributed by atoms with Crippen molar-refractivity contribution < 1.29 is 156 Å². The number of rotatable bonds is 45. The van der Waals surface area contributed by atoms with Gasteiger partial charge in [0.05, 0.1) is 52.9 Å². The van der Waals surface area contributed by atoms with Gasteiger partial charge in [-0.3, -0.25) is 44.1 Å². The number of hydrogen-bond acceptors (Lipinski definition) is 38. The Morgan fingerprint density at radius 1 is 0.318 bits per heavy atom. The van der Waals surface area contributed by atoms with Gasteiger partial charge < -0.3 is 147 Å². The Bertz CT molecular complexity index is 3810. The number of methoxy groups -OCH3 is 18. The summed E-state index contributed by atoms with van der Waals surface area (Å²) in [4.78, 5) is 75.1. The van der Waals surface area contributed by atoms with Crippen LogP contribution in [-0.4, -0.2) is 367 Å². The molecule has 3 saturated heterocycles. The Hall–Kier alpha value is -9.39. The Morgan fingerprint density at radius 2 is 0.530 bits per heavy atom. The van der Waals surface area contributed by atoms with Crippen LogP contribution >= 0.6 is 0 Å². The van der Waals surface area contributed by atoms with E-state index in [0.29, 0.717) is 64.4 Å². The second-order valence-corrected chi connectivity index (χ2v) is 31.7. The minimum atomic E-state index is -0.636. The lowest BCUT2D eigenvalue weighted by Gasteiger charge is -2.29. The number of hydrogen-bond donors (Lipinski definition) is 12. The van der Waals surface area contributed by atoms with E-state index in [4.69, 9.17) is 86.0 Å². The third kappa shape index (κ3) is 34.2. The van der Waals surface area contributed by atoms with Crippen molar-refractivity contribution in [1.82, 2.24) is 55.0 Å². The molecule has 3 aliphatic rings. The van der Waals surface area contributed by atoms with Gasteiger partial charge >= 0.3 is 24.1 Å². The first kappa shape index (κ1) is 119. The highest BCUT2D eigenvalue weighted by Gasteiger charge is 2.59. The maximum absolute atomic E-state index is 12.6. The molecule has 8 amide bonds. The lowest BCUT2D eigenvalue weighted by Crippen LogP contribution is -2.48. The molecule has 4 aromatic carbocycles. The summed E-state index contributed by atoms with van der Waals surface area (Å²) in [6.07, 6.45) is -2.03. The van der Waals surface area contributed by atoms with Crippen LogP contribution in [0.5, 0.6) is 23.0 Å². The summed E-state index contributed by atoms with van der Waals surface area (Å²) in [5, 5.41) is 101. The van der Waals surface area contributed by atoms with Crippen LogP contribution in [-0.2, 0) is 154 Å². The number of aromatic hydroxyl groups is 4. The molecule has 0 spiro atoms. The normalized spacial score (nSPS) is 15.2. The predicted octanol–water partition coefficient (Wildman–Crippen LogP) is 4.86. The van der Waals surface area contributed by atoms with Gasteiger partial charge in [-0.25, -0.2) is 19.2 Å². The minimum Gasteiger partial charge on any atom is -0.507 e. The van der Waals surface area contributed by atoms with Gasteiger partial charge in [0.2, 0.25) is 17.8 Å². The van der Waals surface area contributed by atoms with Crippen molar-refractivity contribution in [1.29, 1.82) is 0 Å². The maximum Gasteiger partial charge on any atom is 0.328 e. The van der Waals surface area contributed by atoms with E-state index in [9.17, 15) is 60.0 Å². The molecule has 0 bridgehead atoms. The van der Waals surface area contributed by atoms with Crippen LogP contribution in [0.2, 0.25) is 0 Å². The molecule has 132 heavy (non-hydrogen) atoms. The molecule has 3 fully saturated rings. The zero-order valence-corrected chi connectivity index (χ0v) is 81.3. The van der Waals surface area contributed by atoms with E-state index in [1.54, 1.807) is 108 Å². The summed E-state index contributed by atoms with van der Waals surface area (Å²) < 4.78 is 91.4. The van der Waals surface area contributed by atoms with Gasteiger partial charge in [-0.1, -0.05) is 55.4 Å². The summed E-state index contributed by atoms with van der Waals surface area (Å²) >= 11 is 0. The van der Waals surface area contributed by atoms with E-state index in [-0.39, 0.29) is 192 Å². The first-order valence-electron chi connectivity index (χ1n) is 41.1. The van der Waals surface area contributed by atoms with Crippen molar-refractivity contribution in [2.75, 3.05) is 237 Å². The molecule has 46 heteroatoms. The molecule has 0 radical (unpaired) electrons. The van der Waals surface area contributed by atoms with Crippen LogP contribution in [0.25, 0.3) is 0 Å². The average Bonchev–Trinajstić information content (AvgIpc) is 1.57. The number of nitrogens with one attached hydrogen (secondary N) is 2. The fourth-order valence-electron chi connectivity index (χ4n) is 13.1. The third-order valence-corrected chi connectivity index (χ3v) is 19.7. The molecule has 0 saturated carbocycles. The Balaban J connectivity index is 0.000000531. The standard InChI is InChI=1S/C19H24O6.C15H30N6O6.C14H22O3.C12H22N4O6.C12H18O3.C9H18N2O5.C5H12N2O3/c1-19(2,15-3-11(7-20)17(24)12(4-15)8-21)16-5-13(9-22)18(25)14(6-16)10-23;1-22-7-19(8-23-2)13-16-14(20(9-24-3)10-25-4)18-15(17-13)21(11-26-5)12-27-6;1-14(2,3)12-6-10(8-16-4)13(15)11(7-12)9-17-5;1-19-5-13-9-10(15(7-21-3)11(13)17)16(8-22-4)12(18)14(9)6-20-2;1-12(2,3)10-4-8(6-13)11(15)9(5-10)7-14;1-13-5-10-7(15-3)8(16-4)11(6-14-2)9(10)12;1-9-3-6-5(8)7-4-10-2/h3-6,20-25H,7-10H2,1-2H3;7-12H2,1-6H3;6-7,15H,8-9H2,1-5H3;9-10H,5-8H2,1-4H3;4-5,13-15H,6-7H2,1-3H3;7-8H,5-6H2,1-4H3;3-4H2,1-2H3,(H2,6,7,8). The monoisotopic (exact) mass is 1890 g/mol. The maximum atomic E-state index is 12.6. The molecule has 1 aromatic heterocycles. The predicted molar refractivity (Wildman–Crippen MR) is 481 cm³/mol. The number of amides is 8. The second kappa shape index (κ2) is 61.5. The molecule has 2 unspecified atom stereocenters. The van der Waals surface area contributed by atoms with Gasteiger partial charge in [0, 0.05) is 178 Å². The fourth-order valence-corrected chi connectivity index (χ4v) is 13.1. The number of aromatic nitrogens is 3. The minimum absolute atomic E-state index is 0.00648. The quantitative estimate of drug-likeness (QED) is 0.0231. The molecule has 752 valence electrons. The molecular weight excluding hydrogens is 1740 g/mol. The van der Waals surface area contributed by atoms with E-state index in [1.165, 1.54) is 106 Å². The van der Waals surface area contributed by atoms with Gasteiger partial charge in [0.25, 0.3) is 0 Å². The number of phenols is 4. The number of fused-ring (bicyclic) bond motifs is 1. The van der Waals surface area contributed by atoms with E-state index in [1.807, 2.05) is 46.8 Å². The van der Waals surface area contributed by atoms with Crippen LogP contribution in [0.3, 0.4) is 0 Å². The second-order valence-electron chi connectivity index (χ2n) is 31.7. The molecule has 5 aromatic rings. The molecule has 46 nitrogen and oxygen atoms in total. The molecule has 8 rings (SSSR count). The number of urea groups is 4. The Kier molecular flexibility index (Phi) is 55.3. The number of aliphatic hydroxyl groups is 6. The zero-order valence-electron chi connectivity index (χ0n) is 81.3. The van der Waals surface area contributed by atoms with Crippen LogP contribution in [0.4, 0.5) is 37.0 Å². The molecule has 0 aliphatic carbocycles. The van der Waals surface area contributed by atoms with Gasteiger partial charge in [-0.2, -0.15) is 15.0 Å². The lowest BCUT2D eigenvalue weighted by molar-refractivity contribution is -0.132. The average molecular weight is 1890 g/mol. The van der Waals surface area contributed by atoms with Gasteiger partial charge in [0.1, 0.15) is 117 Å². The zero-order chi connectivity index (χ0) is 99.8. The topological polar surface area (TPSA) is 529 Å². The summed E-state index contributed by atoms with van der Waals surface area (Å²) in [5.74, 6) is 1.11. The number of benzene rings is 4. The van der Waals surface area contributed by atoms with E-state index in [0.717, 1.165) is 27.8 Å². The smallest absolute Gasteiger partial charge is 0.328 e. The van der Waals surface area contributed by atoms with E-state index in [2.05, 4.69) is 55.8 Å². The third-order valence-electron chi connectivity index (χ3n) is 19.7. The highest BCUT2D eigenvalue weighted by molar-refractivity contribution is 5.85. The summed E-state index contributed by atoms with van der Waals surface area (Å²) in [7, 11) is 27.7. The van der Waals surface area contributed by atoms with Crippen molar-refractivity contribution in [2.45, 2.75) is 149 Å². The first-order chi connectivity index (χ1) is 62.9. The molecule has 2 atom stereocenters. The van der Waals surface area contributed by atoms with Gasteiger partial charge in [-0.15, -0.1) is 0 Å². The Morgan fingerprint density at radius 3 is 0.727 bits per heavy atom. The van der Waals surface area contributed by atoms with Crippen molar-refractivity contribution in [3.8, 4) is 23.0 Å². The van der Waals surface area contributed by atoms with Gasteiger partial charge in [0.15, 0.2) is 24.8 Å². The number of anilines is 3. The summed E-state index contributed by atoms with van der Waals surface area (Å²) in [6.45, 7) is 17.6. The number of carbonyl (C=O) groups is 4. The molecule has 3 aliphatic heterocycles. The number of phenolic OH excluding ortho intramolecular Hbond substituents is 1. The van der Waals surface area contributed by atoms with Gasteiger partial charge in [-0.05, 0) is 81.6 Å². The molecule has 4 heterocycles. The highest BCUT2D eigenvalue weighted by atomic mass is 16.6. The van der Waals surface area contributed by atoms with Crippen LogP contribution < -0.4 is 25.3 Å². The van der Waals surface area contributed by atoms with E-state index < -0.39 is 30.2 Å². The number of ether oxygens (including phenoxy) is 18. The number of aliphatic hydroxyl groups excluding tert-OH is 6. The lowest BCUT2D eigenvalue weighted by atomic mass is 9.76. The largest absolute Gasteiger partial charge is 0.507 e. The van der Waals surface area contributed by atoms with Crippen molar-refractivity contribution in [3.05, 3.63) is 115 Å². The molecule has 12 N–H and O–H groups in total. The van der Waals surface area contributed by atoms with Crippen molar-refractivity contribution >= 4 is 42.0 Å². The Labute approximate surface area is 773 Å². The number of carbonyl (C=O) groups excluding carboxylic acids is 4. The fraction of sp³-hybridized carbons (Fsp3) is 0.640. The number of nitrogens with zero attached hydrogens (tertiary/aromatic N) is 12. The van der Waals surface area contributed by atoms with Crippen molar-refractivity contribution in [3.63, 3.8) is 0 Å². The SMILES string of the molecule is CC(C)(C)c1cc(CO)c(O)c(CO)c1.CC(C)(c1cc(CO)c(O)c(CO)c1)c1cc(CO)c(O)c(CO)c1.COCN(COC)c1nc(N(COC)COC)nc(N(COC)COC)n1.COCN1C(=O)N(COC)C(OC)C1OC.COCN1C(=O)N(COC)C2C1N(COC)C(=O)N2COC.COCNC(=O)NCOC.COCc1cc(C(C)(C)C)cc(COC)c1O. The van der Waals surface area contributed by atoms with Crippen LogP contribution in [0, 0.1) is 0 Å². The van der Waals surface area contributed by atoms with Crippen LogP contribution in [0.15, 0.2) is 48.5 Å². The summed E-state index contributed by atoms with van der Waals surface area (Å²) in [6, 6.07) is 13.1. The first-order valence-corrected chi connectivity index (χ1v) is 41.1. The molecular formula is C86H146N14O32. The summed E-state index contributed by atoms with van der Waals surface area (Å²) in [5.41, 5.74) is 6.74. The van der Waals surface area contributed by atoms with Crippen LogP contribution in [0.1, 0.15) is 122 Å². The van der Waals surface area contributed by atoms with Crippen molar-refractivity contribution in [2.24, 2.45) is 0 Å². The highest BCUT2D eigenvalue weighted by Crippen LogP contribution is 2.41. The van der Waals surface area contributed by atoms with E-state index >= 15 is 0 Å².